The molecule has 1 atom stereocenters. The molecule has 1 fully saturated rings. The van der Waals surface area contributed by atoms with Gasteiger partial charge < -0.3 is 4.90 Å². The Bertz CT molecular complexity index is 586. The van der Waals surface area contributed by atoms with Gasteiger partial charge in [-0.2, -0.15) is 0 Å². The van der Waals surface area contributed by atoms with Crippen molar-refractivity contribution in [1.29, 1.82) is 0 Å². The van der Waals surface area contributed by atoms with E-state index < -0.39 is 10.0 Å². The van der Waals surface area contributed by atoms with Crippen LogP contribution in [-0.4, -0.2) is 44.5 Å². The van der Waals surface area contributed by atoms with Crippen molar-refractivity contribution in [3.05, 3.63) is 30.3 Å². The first-order chi connectivity index (χ1) is 9.93. The van der Waals surface area contributed by atoms with Crippen molar-refractivity contribution in [3.63, 3.8) is 0 Å². The number of nitrogens with zero attached hydrogens (tertiary/aromatic N) is 2. The lowest BCUT2D eigenvalue weighted by Gasteiger charge is -2.33. The van der Waals surface area contributed by atoms with Crippen molar-refractivity contribution in [2.45, 2.75) is 19.8 Å². The molecule has 2 rings (SSSR count). The van der Waals surface area contributed by atoms with E-state index in [1.807, 2.05) is 37.3 Å². The molecule has 0 N–H and O–H groups in total. The zero-order valence-electron chi connectivity index (χ0n) is 12.5. The largest absolute Gasteiger partial charge is 0.312 e. The van der Waals surface area contributed by atoms with E-state index in [1.165, 1.54) is 10.6 Å². The molecule has 0 saturated carbocycles. The zero-order chi connectivity index (χ0) is 15.5. The summed E-state index contributed by atoms with van der Waals surface area (Å²) in [4.78, 5) is 14.4. The molecule has 1 amide bonds. The molecule has 21 heavy (non-hydrogen) atoms. The number of hydrogen-bond donors (Lipinski definition) is 0. The molecule has 5 nitrogen and oxygen atoms in total. The molecule has 1 saturated heterocycles. The van der Waals surface area contributed by atoms with Crippen LogP contribution in [0.4, 0.5) is 5.69 Å². The Morgan fingerprint density at radius 3 is 2.57 bits per heavy atom. The van der Waals surface area contributed by atoms with Gasteiger partial charge in [0.2, 0.25) is 15.9 Å². The summed E-state index contributed by atoms with van der Waals surface area (Å²) in [6, 6.07) is 9.51. The maximum absolute atomic E-state index is 12.7. The molecule has 0 spiro atoms. The molecule has 6 heteroatoms. The van der Waals surface area contributed by atoms with E-state index in [2.05, 4.69) is 0 Å². The van der Waals surface area contributed by atoms with Gasteiger partial charge in [-0.05, 0) is 31.9 Å². The first-order valence-corrected chi connectivity index (χ1v) is 9.10. The van der Waals surface area contributed by atoms with Crippen LogP contribution in [0.5, 0.6) is 0 Å². The number of carbonyl (C=O) groups excluding carboxylic acids is 1. The third-order valence-electron chi connectivity index (χ3n) is 3.85. The number of hydrogen-bond acceptors (Lipinski definition) is 3. The predicted octanol–water partition coefficient (Wildman–Crippen LogP) is 1.71. The molecular weight excluding hydrogens is 288 g/mol. The fourth-order valence-electron chi connectivity index (χ4n) is 2.74. The van der Waals surface area contributed by atoms with Gasteiger partial charge in [0.05, 0.1) is 12.2 Å². The third kappa shape index (κ3) is 3.83. The highest BCUT2D eigenvalue weighted by Gasteiger charge is 2.32. The SMILES string of the molecule is CCN(C(=O)C1CCCN(S(C)(=O)=O)C1)c1ccccc1. The minimum absolute atomic E-state index is 0.0112. The van der Waals surface area contributed by atoms with Crippen LogP contribution in [0, 0.1) is 5.92 Å². The van der Waals surface area contributed by atoms with Crippen LogP contribution in [0.15, 0.2) is 30.3 Å². The summed E-state index contributed by atoms with van der Waals surface area (Å²) in [7, 11) is -3.23. The van der Waals surface area contributed by atoms with Crippen LogP contribution < -0.4 is 4.90 Å². The summed E-state index contributed by atoms with van der Waals surface area (Å²) < 4.78 is 24.7. The number of carbonyl (C=O) groups is 1. The highest BCUT2D eigenvalue weighted by molar-refractivity contribution is 7.88. The second-order valence-electron chi connectivity index (χ2n) is 5.38. The fraction of sp³-hybridized carbons (Fsp3) is 0.533. The van der Waals surface area contributed by atoms with Crippen molar-refractivity contribution in [2.75, 3.05) is 30.8 Å². The third-order valence-corrected chi connectivity index (χ3v) is 5.12. The van der Waals surface area contributed by atoms with Crippen molar-refractivity contribution >= 4 is 21.6 Å². The molecule has 1 aliphatic heterocycles. The fourth-order valence-corrected chi connectivity index (χ4v) is 3.65. The van der Waals surface area contributed by atoms with Crippen LogP contribution in [0.1, 0.15) is 19.8 Å². The molecule has 1 aliphatic rings. The number of para-hydroxylation sites is 1. The normalized spacial score (nSPS) is 20.2. The molecular formula is C15H22N2O3S. The van der Waals surface area contributed by atoms with Gasteiger partial charge >= 0.3 is 0 Å². The number of anilines is 1. The monoisotopic (exact) mass is 310 g/mol. The molecule has 0 aromatic heterocycles. The van der Waals surface area contributed by atoms with E-state index in [9.17, 15) is 13.2 Å². The minimum Gasteiger partial charge on any atom is -0.312 e. The molecule has 1 aromatic carbocycles. The summed E-state index contributed by atoms with van der Waals surface area (Å²) in [5.41, 5.74) is 0.862. The van der Waals surface area contributed by atoms with Crippen LogP contribution in [0.3, 0.4) is 0 Å². The van der Waals surface area contributed by atoms with Gasteiger partial charge in [-0.25, -0.2) is 12.7 Å². The predicted molar refractivity (Wildman–Crippen MR) is 83.6 cm³/mol. The summed E-state index contributed by atoms with van der Waals surface area (Å²) in [6.07, 6.45) is 2.68. The van der Waals surface area contributed by atoms with Gasteiger partial charge in [0.15, 0.2) is 0 Å². The number of amides is 1. The number of piperidine rings is 1. The molecule has 0 bridgehead atoms. The molecule has 0 radical (unpaired) electrons. The average Bonchev–Trinajstić information content (AvgIpc) is 2.48. The van der Waals surface area contributed by atoms with E-state index in [0.29, 0.717) is 19.6 Å². The van der Waals surface area contributed by atoms with Crippen LogP contribution in [0.2, 0.25) is 0 Å². The molecule has 116 valence electrons. The Labute approximate surface area is 126 Å². The molecule has 1 unspecified atom stereocenters. The first-order valence-electron chi connectivity index (χ1n) is 7.25. The van der Waals surface area contributed by atoms with Crippen LogP contribution >= 0.6 is 0 Å². The van der Waals surface area contributed by atoms with Gasteiger partial charge in [-0.15, -0.1) is 0 Å². The maximum atomic E-state index is 12.7. The average molecular weight is 310 g/mol. The van der Waals surface area contributed by atoms with E-state index in [4.69, 9.17) is 0 Å². The molecule has 1 heterocycles. The lowest BCUT2D eigenvalue weighted by Crippen LogP contribution is -2.46. The molecule has 0 aliphatic carbocycles. The Morgan fingerprint density at radius 1 is 1.33 bits per heavy atom. The zero-order valence-corrected chi connectivity index (χ0v) is 13.3. The highest BCUT2D eigenvalue weighted by Crippen LogP contribution is 2.23. The minimum atomic E-state index is -3.23. The van der Waals surface area contributed by atoms with Crippen molar-refractivity contribution in [3.8, 4) is 0 Å². The van der Waals surface area contributed by atoms with Crippen molar-refractivity contribution < 1.29 is 13.2 Å². The van der Waals surface area contributed by atoms with E-state index in [0.717, 1.165) is 18.5 Å². The smallest absolute Gasteiger partial charge is 0.231 e. The summed E-state index contributed by atoms with van der Waals surface area (Å²) >= 11 is 0. The highest BCUT2D eigenvalue weighted by atomic mass is 32.2. The first kappa shape index (κ1) is 16.0. The Morgan fingerprint density at radius 2 is 2.00 bits per heavy atom. The quantitative estimate of drug-likeness (QED) is 0.850. The summed E-state index contributed by atoms with van der Waals surface area (Å²) in [5, 5.41) is 0. The Hall–Kier alpha value is -1.40. The summed E-state index contributed by atoms with van der Waals surface area (Å²) in [5.74, 6) is -0.245. The molecule has 1 aromatic rings. The lowest BCUT2D eigenvalue weighted by molar-refractivity contribution is -0.123. The van der Waals surface area contributed by atoms with E-state index >= 15 is 0 Å². The second kappa shape index (κ2) is 6.58. The summed E-state index contributed by atoms with van der Waals surface area (Å²) in [6.45, 7) is 3.32. The van der Waals surface area contributed by atoms with Gasteiger partial charge in [-0.1, -0.05) is 18.2 Å². The van der Waals surface area contributed by atoms with Crippen LogP contribution in [0.25, 0.3) is 0 Å². The lowest BCUT2D eigenvalue weighted by atomic mass is 9.98. The van der Waals surface area contributed by atoms with Gasteiger partial charge in [0, 0.05) is 25.3 Å². The maximum Gasteiger partial charge on any atom is 0.231 e. The second-order valence-corrected chi connectivity index (χ2v) is 7.36. The Kier molecular flexibility index (Phi) is 5.00. The van der Waals surface area contributed by atoms with Crippen molar-refractivity contribution in [1.82, 2.24) is 4.31 Å². The van der Waals surface area contributed by atoms with Gasteiger partial charge in [0.25, 0.3) is 0 Å². The number of benzene rings is 1. The van der Waals surface area contributed by atoms with Gasteiger partial charge in [0.1, 0.15) is 0 Å². The standard InChI is InChI=1S/C15H22N2O3S/c1-3-17(14-9-5-4-6-10-14)15(18)13-8-7-11-16(12-13)21(2,19)20/h4-6,9-10,13H,3,7-8,11-12H2,1-2H3. The Balaban J connectivity index is 2.15. The van der Waals surface area contributed by atoms with Gasteiger partial charge in [-0.3, -0.25) is 4.79 Å². The van der Waals surface area contributed by atoms with E-state index in [1.54, 1.807) is 4.90 Å². The topological polar surface area (TPSA) is 57.7 Å². The van der Waals surface area contributed by atoms with Crippen LogP contribution in [-0.2, 0) is 14.8 Å². The number of sulfonamides is 1. The number of rotatable bonds is 4. The van der Waals surface area contributed by atoms with Crippen molar-refractivity contribution in [2.24, 2.45) is 5.92 Å². The van der Waals surface area contributed by atoms with E-state index in [-0.39, 0.29) is 11.8 Å².